The van der Waals surface area contributed by atoms with Crippen LogP contribution in [0, 0.1) is 0 Å². The van der Waals surface area contributed by atoms with Crippen LogP contribution >= 0.6 is 0 Å². The summed E-state index contributed by atoms with van der Waals surface area (Å²) in [5.74, 6) is 1.14. The molecule has 1 aliphatic rings. The SMILES string of the molecule is O=S(=O)(NCc1cccnc1)c1cccc(Nc2nccc(N(CCCN3CCOCC3)c3ccccc3)n2)c1. The molecule has 0 atom stereocenters. The van der Waals surface area contributed by atoms with E-state index in [0.29, 0.717) is 11.6 Å². The molecule has 10 nitrogen and oxygen atoms in total. The molecule has 40 heavy (non-hydrogen) atoms. The number of benzene rings is 2. The van der Waals surface area contributed by atoms with Crippen molar-refractivity contribution < 1.29 is 13.2 Å². The summed E-state index contributed by atoms with van der Waals surface area (Å²) in [6, 6.07) is 22.2. The minimum Gasteiger partial charge on any atom is -0.379 e. The molecule has 2 N–H and O–H groups in total. The van der Waals surface area contributed by atoms with E-state index in [-0.39, 0.29) is 11.4 Å². The lowest BCUT2D eigenvalue weighted by Crippen LogP contribution is -2.37. The average molecular weight is 560 g/mol. The number of anilines is 4. The summed E-state index contributed by atoms with van der Waals surface area (Å²) in [4.78, 5) is 17.9. The van der Waals surface area contributed by atoms with E-state index >= 15 is 0 Å². The number of pyridine rings is 1. The fourth-order valence-corrected chi connectivity index (χ4v) is 5.52. The fraction of sp³-hybridized carbons (Fsp3) is 0.276. The Labute approximate surface area is 235 Å². The largest absolute Gasteiger partial charge is 0.379 e. The fourth-order valence-electron chi connectivity index (χ4n) is 4.46. The molecule has 208 valence electrons. The van der Waals surface area contributed by atoms with Crippen molar-refractivity contribution in [2.24, 2.45) is 0 Å². The molecule has 0 bridgehead atoms. The van der Waals surface area contributed by atoms with Crippen molar-refractivity contribution >= 4 is 33.2 Å². The van der Waals surface area contributed by atoms with Crippen LogP contribution in [0.4, 0.5) is 23.1 Å². The Morgan fingerprint density at radius 1 is 0.950 bits per heavy atom. The van der Waals surface area contributed by atoms with Crippen LogP contribution in [0.3, 0.4) is 0 Å². The van der Waals surface area contributed by atoms with Crippen LogP contribution in [0.2, 0.25) is 0 Å². The number of sulfonamides is 1. The van der Waals surface area contributed by atoms with Crippen LogP contribution in [-0.4, -0.2) is 67.7 Å². The van der Waals surface area contributed by atoms with E-state index in [9.17, 15) is 8.42 Å². The number of hydrogen-bond acceptors (Lipinski definition) is 9. The monoisotopic (exact) mass is 559 g/mol. The Balaban J connectivity index is 1.29. The van der Waals surface area contributed by atoms with E-state index in [0.717, 1.165) is 62.9 Å². The molecular formula is C29H33N7O3S. The van der Waals surface area contributed by atoms with Crippen LogP contribution in [0.5, 0.6) is 0 Å². The molecule has 5 rings (SSSR count). The van der Waals surface area contributed by atoms with E-state index in [1.807, 2.05) is 30.3 Å². The van der Waals surface area contributed by atoms with Gasteiger partial charge in [-0.1, -0.05) is 30.3 Å². The summed E-state index contributed by atoms with van der Waals surface area (Å²) in [6.45, 7) is 5.41. The summed E-state index contributed by atoms with van der Waals surface area (Å²) in [7, 11) is -3.73. The lowest BCUT2D eigenvalue weighted by atomic mass is 10.2. The van der Waals surface area contributed by atoms with Crippen LogP contribution < -0.4 is 14.9 Å². The summed E-state index contributed by atoms with van der Waals surface area (Å²) in [6.07, 6.45) is 5.95. The maximum absolute atomic E-state index is 12.9. The number of ether oxygens (including phenoxy) is 1. The number of rotatable bonds is 12. The van der Waals surface area contributed by atoms with Gasteiger partial charge in [-0.15, -0.1) is 0 Å². The molecule has 0 aliphatic carbocycles. The van der Waals surface area contributed by atoms with Crippen LogP contribution in [-0.2, 0) is 21.3 Å². The van der Waals surface area contributed by atoms with Crippen LogP contribution in [0.25, 0.3) is 0 Å². The van der Waals surface area contributed by atoms with Crippen molar-refractivity contribution in [3.8, 4) is 0 Å². The first-order valence-corrected chi connectivity index (χ1v) is 14.8. The van der Waals surface area contributed by atoms with E-state index in [1.54, 1.807) is 48.9 Å². The molecule has 0 unspecified atom stereocenters. The molecule has 1 fully saturated rings. The third kappa shape index (κ3) is 7.60. The van der Waals surface area contributed by atoms with Gasteiger partial charge in [0.05, 0.1) is 18.1 Å². The van der Waals surface area contributed by atoms with Gasteiger partial charge in [-0.05, 0) is 54.4 Å². The van der Waals surface area contributed by atoms with Gasteiger partial charge in [-0.3, -0.25) is 9.88 Å². The zero-order valence-corrected chi connectivity index (χ0v) is 23.0. The zero-order valence-electron chi connectivity index (χ0n) is 22.2. The van der Waals surface area contributed by atoms with Crippen LogP contribution in [0.15, 0.2) is 96.3 Å². The van der Waals surface area contributed by atoms with E-state index in [2.05, 4.69) is 41.9 Å². The standard InChI is InChI=1S/C29H33N7O3S/c37-40(38,32-23-24-7-5-13-30-22-24)27-11-4-8-25(21-27)33-29-31-14-12-28(34-29)36(26-9-2-1-3-10-26)16-6-15-35-17-19-39-20-18-35/h1-5,7-14,21-22,32H,6,15-20,23H2,(H,31,33,34). The average Bonchev–Trinajstić information content (AvgIpc) is 3.00. The number of nitrogens with zero attached hydrogens (tertiary/aromatic N) is 5. The quantitative estimate of drug-likeness (QED) is 0.266. The van der Waals surface area contributed by atoms with Gasteiger partial charge in [0.15, 0.2) is 0 Å². The summed E-state index contributed by atoms with van der Waals surface area (Å²) >= 11 is 0. The van der Waals surface area contributed by atoms with Gasteiger partial charge in [0.25, 0.3) is 0 Å². The minimum absolute atomic E-state index is 0.145. The molecular weight excluding hydrogens is 526 g/mol. The molecule has 0 radical (unpaired) electrons. The molecule has 4 aromatic rings. The van der Waals surface area contributed by atoms with E-state index in [4.69, 9.17) is 9.72 Å². The van der Waals surface area contributed by atoms with Crippen molar-refractivity contribution in [3.63, 3.8) is 0 Å². The minimum atomic E-state index is -3.73. The molecule has 11 heteroatoms. The summed E-state index contributed by atoms with van der Waals surface area (Å²) in [5, 5.41) is 3.17. The zero-order chi connectivity index (χ0) is 27.6. The highest BCUT2D eigenvalue weighted by Crippen LogP contribution is 2.25. The number of para-hydroxylation sites is 1. The highest BCUT2D eigenvalue weighted by molar-refractivity contribution is 7.89. The maximum atomic E-state index is 12.9. The van der Waals surface area contributed by atoms with Gasteiger partial charge in [0, 0.05) is 62.7 Å². The first-order valence-electron chi connectivity index (χ1n) is 13.3. The Kier molecular flexibility index (Phi) is 9.30. The van der Waals surface area contributed by atoms with Crippen molar-refractivity contribution in [1.82, 2.24) is 24.6 Å². The third-order valence-electron chi connectivity index (χ3n) is 6.53. The Morgan fingerprint density at radius 3 is 2.60 bits per heavy atom. The summed E-state index contributed by atoms with van der Waals surface area (Å²) in [5.41, 5.74) is 2.39. The van der Waals surface area contributed by atoms with E-state index in [1.165, 1.54) is 0 Å². The first kappa shape index (κ1) is 27.7. The van der Waals surface area contributed by atoms with Gasteiger partial charge >= 0.3 is 0 Å². The van der Waals surface area contributed by atoms with Gasteiger partial charge < -0.3 is 15.0 Å². The predicted molar refractivity (Wildman–Crippen MR) is 155 cm³/mol. The Bertz CT molecular complexity index is 1470. The van der Waals surface area contributed by atoms with Crippen molar-refractivity contribution in [3.05, 3.63) is 97.0 Å². The number of morpholine rings is 1. The Morgan fingerprint density at radius 2 is 1.80 bits per heavy atom. The highest BCUT2D eigenvalue weighted by atomic mass is 32.2. The van der Waals surface area contributed by atoms with E-state index < -0.39 is 10.0 Å². The second-order valence-corrected chi connectivity index (χ2v) is 11.1. The van der Waals surface area contributed by atoms with Gasteiger partial charge in [-0.25, -0.2) is 18.1 Å². The van der Waals surface area contributed by atoms with Crippen LogP contribution in [0.1, 0.15) is 12.0 Å². The predicted octanol–water partition coefficient (Wildman–Crippen LogP) is 3.95. The lowest BCUT2D eigenvalue weighted by molar-refractivity contribution is 0.0377. The van der Waals surface area contributed by atoms with Crippen molar-refractivity contribution in [1.29, 1.82) is 0 Å². The maximum Gasteiger partial charge on any atom is 0.240 e. The van der Waals surface area contributed by atoms with Gasteiger partial charge in [0.1, 0.15) is 5.82 Å². The van der Waals surface area contributed by atoms with Crippen molar-refractivity contribution in [2.75, 3.05) is 49.6 Å². The molecule has 3 heterocycles. The molecule has 1 aliphatic heterocycles. The van der Waals surface area contributed by atoms with Gasteiger partial charge in [0.2, 0.25) is 16.0 Å². The molecule has 1 saturated heterocycles. The number of hydrogen-bond donors (Lipinski definition) is 2. The topological polar surface area (TPSA) is 113 Å². The van der Waals surface area contributed by atoms with Gasteiger partial charge in [-0.2, -0.15) is 4.98 Å². The first-order chi connectivity index (χ1) is 19.6. The molecule has 0 saturated carbocycles. The molecule has 2 aromatic carbocycles. The van der Waals surface area contributed by atoms with Crippen molar-refractivity contribution in [2.45, 2.75) is 17.9 Å². The molecule has 0 amide bonds. The smallest absolute Gasteiger partial charge is 0.240 e. The lowest BCUT2D eigenvalue weighted by Gasteiger charge is -2.29. The third-order valence-corrected chi connectivity index (χ3v) is 7.93. The Hall–Kier alpha value is -3.90. The highest BCUT2D eigenvalue weighted by Gasteiger charge is 2.16. The number of nitrogens with one attached hydrogen (secondary N) is 2. The molecule has 0 spiro atoms. The second-order valence-electron chi connectivity index (χ2n) is 9.37. The molecule has 2 aromatic heterocycles. The number of aromatic nitrogens is 3. The second kappa shape index (κ2) is 13.4. The normalized spacial score (nSPS) is 14.1. The summed E-state index contributed by atoms with van der Waals surface area (Å²) < 4.78 is 33.9.